The average Bonchev–Trinajstić information content (AvgIpc) is 3.15. The molecule has 0 fully saturated rings. The normalized spacial score (nSPS) is 11.9. The van der Waals surface area contributed by atoms with Gasteiger partial charge in [-0.25, -0.2) is 9.98 Å². The molecule has 0 amide bonds. The number of rotatable bonds is 6. The van der Waals surface area contributed by atoms with Gasteiger partial charge < -0.3 is 19.6 Å². The van der Waals surface area contributed by atoms with E-state index in [1.807, 2.05) is 53.4 Å². The molecule has 0 aliphatic carbocycles. The summed E-state index contributed by atoms with van der Waals surface area (Å²) in [5.41, 5.74) is 2.96. The Balaban J connectivity index is 1.59. The topological polar surface area (TPSA) is 58.7 Å². The molecule has 0 spiro atoms. The quantitative estimate of drug-likeness (QED) is 0.499. The molecule has 3 rings (SSSR count). The summed E-state index contributed by atoms with van der Waals surface area (Å²) in [7, 11) is 1.88. The molecular weight excluding hydrogens is 371 g/mol. The van der Waals surface area contributed by atoms with Crippen LogP contribution in [0.3, 0.4) is 0 Å². The number of imidazole rings is 1. The number of fused-ring (bicyclic) bond motifs is 1. The first-order valence-corrected chi connectivity index (χ1v) is 9.28. The summed E-state index contributed by atoms with van der Waals surface area (Å²) in [6, 6.07) is 7.82. The van der Waals surface area contributed by atoms with Crippen molar-refractivity contribution < 1.29 is 0 Å². The lowest BCUT2D eigenvalue weighted by Crippen LogP contribution is -2.38. The van der Waals surface area contributed by atoms with E-state index < -0.39 is 0 Å². The highest BCUT2D eigenvalue weighted by Crippen LogP contribution is 2.25. The minimum absolute atomic E-state index is 0.493. The van der Waals surface area contributed by atoms with Gasteiger partial charge in [-0.3, -0.25) is 0 Å². The molecule has 0 aromatic carbocycles. The minimum atomic E-state index is 0.493. The Morgan fingerprint density at radius 1 is 1.27 bits per heavy atom. The number of guanidine groups is 1. The Bertz CT molecular complexity index is 879. The molecule has 0 atom stereocenters. The van der Waals surface area contributed by atoms with E-state index in [2.05, 4.69) is 26.8 Å². The lowest BCUT2D eigenvalue weighted by molar-refractivity contribution is 0.775. The summed E-state index contributed by atoms with van der Waals surface area (Å²) in [5.74, 6) is 0.754. The van der Waals surface area contributed by atoms with Crippen molar-refractivity contribution in [3.63, 3.8) is 0 Å². The smallest absolute Gasteiger partial charge is 0.191 e. The fourth-order valence-electron chi connectivity index (χ4n) is 2.66. The Morgan fingerprint density at radius 2 is 2.12 bits per heavy atom. The maximum absolute atomic E-state index is 6.10. The molecule has 3 heterocycles. The van der Waals surface area contributed by atoms with Crippen LogP contribution >= 0.6 is 23.2 Å². The van der Waals surface area contributed by atoms with Crippen LogP contribution in [0.15, 0.2) is 41.7 Å². The van der Waals surface area contributed by atoms with E-state index in [-0.39, 0.29) is 0 Å². The van der Waals surface area contributed by atoms with Crippen molar-refractivity contribution in [2.45, 2.75) is 19.9 Å². The van der Waals surface area contributed by atoms with Gasteiger partial charge in [-0.15, -0.1) is 0 Å². The molecule has 8 heteroatoms. The van der Waals surface area contributed by atoms with Crippen LogP contribution in [-0.4, -0.2) is 33.0 Å². The third-order valence-electron chi connectivity index (χ3n) is 4.05. The SMILES string of the molecule is CCNC(=NCc1cc(Cl)c(Cl)n1C)NCCc1cn2ccccc2n1. The molecule has 2 N–H and O–H groups in total. The van der Waals surface area contributed by atoms with Crippen molar-refractivity contribution in [2.75, 3.05) is 13.1 Å². The van der Waals surface area contributed by atoms with E-state index in [1.54, 1.807) is 0 Å². The number of halogens is 2. The molecule has 0 saturated heterocycles. The Kier molecular flexibility index (Phi) is 6.06. The summed E-state index contributed by atoms with van der Waals surface area (Å²) < 4.78 is 3.87. The third kappa shape index (κ3) is 4.31. The summed E-state index contributed by atoms with van der Waals surface area (Å²) in [5, 5.41) is 7.66. The molecule has 3 aromatic rings. The number of hydrogen-bond acceptors (Lipinski definition) is 2. The highest BCUT2D eigenvalue weighted by Gasteiger charge is 2.09. The van der Waals surface area contributed by atoms with Gasteiger partial charge in [0.2, 0.25) is 0 Å². The molecule has 0 aliphatic rings. The highest BCUT2D eigenvalue weighted by molar-refractivity contribution is 6.41. The fourth-order valence-corrected chi connectivity index (χ4v) is 3.07. The van der Waals surface area contributed by atoms with Gasteiger partial charge in [0.15, 0.2) is 5.96 Å². The number of aromatic nitrogens is 3. The van der Waals surface area contributed by atoms with Crippen molar-refractivity contribution in [1.29, 1.82) is 0 Å². The van der Waals surface area contributed by atoms with Gasteiger partial charge in [0.05, 0.1) is 17.3 Å². The number of nitrogens with one attached hydrogen (secondary N) is 2. The van der Waals surface area contributed by atoms with Crippen molar-refractivity contribution in [3.05, 3.63) is 58.2 Å². The number of pyridine rings is 1. The largest absolute Gasteiger partial charge is 0.357 e. The third-order valence-corrected chi connectivity index (χ3v) is 4.89. The maximum atomic E-state index is 6.10. The average molecular weight is 393 g/mol. The highest BCUT2D eigenvalue weighted by atomic mass is 35.5. The first-order valence-electron chi connectivity index (χ1n) is 8.53. The van der Waals surface area contributed by atoms with Gasteiger partial charge in [0, 0.05) is 44.6 Å². The van der Waals surface area contributed by atoms with Crippen molar-refractivity contribution in [3.8, 4) is 0 Å². The van der Waals surface area contributed by atoms with Crippen LogP contribution in [0.25, 0.3) is 5.65 Å². The molecule has 0 radical (unpaired) electrons. The standard InChI is InChI=1S/C18H22Cl2N6/c1-3-21-18(23-11-14-10-15(19)17(20)25(14)2)22-8-7-13-12-26-9-5-4-6-16(26)24-13/h4-6,9-10,12H,3,7-8,11H2,1-2H3,(H2,21,22,23). The van der Waals surface area contributed by atoms with Crippen LogP contribution in [0, 0.1) is 0 Å². The van der Waals surface area contributed by atoms with Gasteiger partial charge in [0.1, 0.15) is 10.8 Å². The first-order chi connectivity index (χ1) is 12.6. The van der Waals surface area contributed by atoms with Crippen LogP contribution in [0.5, 0.6) is 0 Å². The molecule has 26 heavy (non-hydrogen) atoms. The lowest BCUT2D eigenvalue weighted by atomic mass is 10.3. The molecule has 3 aromatic heterocycles. The van der Waals surface area contributed by atoms with E-state index in [9.17, 15) is 0 Å². The molecular formula is C18H22Cl2N6. The fraction of sp³-hybridized carbons (Fsp3) is 0.333. The number of nitrogens with zero attached hydrogens (tertiary/aromatic N) is 4. The first kappa shape index (κ1) is 18.6. The Hall–Kier alpha value is -2.18. The van der Waals surface area contributed by atoms with Gasteiger partial charge >= 0.3 is 0 Å². The van der Waals surface area contributed by atoms with E-state index in [0.717, 1.165) is 42.5 Å². The van der Waals surface area contributed by atoms with Crippen molar-refractivity contribution in [1.82, 2.24) is 24.6 Å². The zero-order valence-corrected chi connectivity index (χ0v) is 16.3. The second kappa shape index (κ2) is 8.47. The molecule has 0 unspecified atom stereocenters. The van der Waals surface area contributed by atoms with Crippen LogP contribution in [0.2, 0.25) is 10.2 Å². The summed E-state index contributed by atoms with van der Waals surface area (Å²) in [6.45, 7) is 4.06. The summed E-state index contributed by atoms with van der Waals surface area (Å²) in [4.78, 5) is 9.21. The monoisotopic (exact) mass is 392 g/mol. The van der Waals surface area contributed by atoms with Crippen LogP contribution in [0.4, 0.5) is 0 Å². The van der Waals surface area contributed by atoms with E-state index >= 15 is 0 Å². The summed E-state index contributed by atoms with van der Waals surface area (Å²) in [6.07, 6.45) is 4.86. The molecule has 6 nitrogen and oxygen atoms in total. The number of hydrogen-bond donors (Lipinski definition) is 2. The predicted octanol–water partition coefficient (Wildman–Crippen LogP) is 3.28. The molecule has 0 saturated carbocycles. The van der Waals surface area contributed by atoms with Crippen molar-refractivity contribution in [2.24, 2.45) is 12.0 Å². The Morgan fingerprint density at radius 3 is 2.81 bits per heavy atom. The van der Waals surface area contributed by atoms with Crippen LogP contribution in [-0.2, 0) is 20.0 Å². The lowest BCUT2D eigenvalue weighted by Gasteiger charge is -2.11. The van der Waals surface area contributed by atoms with E-state index in [1.165, 1.54) is 0 Å². The van der Waals surface area contributed by atoms with Crippen molar-refractivity contribution >= 4 is 34.8 Å². The number of aliphatic imine (C=N–C) groups is 1. The van der Waals surface area contributed by atoms with E-state index in [0.29, 0.717) is 16.7 Å². The maximum Gasteiger partial charge on any atom is 0.191 e. The molecule has 0 bridgehead atoms. The van der Waals surface area contributed by atoms with Crippen LogP contribution < -0.4 is 10.6 Å². The van der Waals surface area contributed by atoms with Gasteiger partial charge in [-0.05, 0) is 25.1 Å². The van der Waals surface area contributed by atoms with Crippen LogP contribution in [0.1, 0.15) is 18.3 Å². The second-order valence-electron chi connectivity index (χ2n) is 5.90. The second-order valence-corrected chi connectivity index (χ2v) is 6.67. The Labute approximate surface area is 162 Å². The van der Waals surface area contributed by atoms with Gasteiger partial charge in [0.25, 0.3) is 0 Å². The summed E-state index contributed by atoms with van der Waals surface area (Å²) >= 11 is 12.2. The molecule has 0 aliphatic heterocycles. The van der Waals surface area contributed by atoms with Gasteiger partial charge in [-0.2, -0.15) is 0 Å². The van der Waals surface area contributed by atoms with E-state index in [4.69, 9.17) is 23.2 Å². The predicted molar refractivity (Wildman–Crippen MR) is 107 cm³/mol. The van der Waals surface area contributed by atoms with Gasteiger partial charge in [-0.1, -0.05) is 29.3 Å². The zero-order chi connectivity index (χ0) is 18.5. The molecule has 138 valence electrons. The zero-order valence-electron chi connectivity index (χ0n) is 14.8. The minimum Gasteiger partial charge on any atom is -0.357 e.